The lowest BCUT2D eigenvalue weighted by atomic mass is 9.88. The van der Waals surface area contributed by atoms with Crippen LogP contribution in [0.3, 0.4) is 0 Å². The fourth-order valence-electron chi connectivity index (χ4n) is 3.27. The number of benzene rings is 1. The molecule has 3 nitrogen and oxygen atoms in total. The number of nitrogens with one attached hydrogen (secondary N) is 1. The first kappa shape index (κ1) is 22.9. The summed E-state index contributed by atoms with van der Waals surface area (Å²) in [7, 11) is 0. The van der Waals surface area contributed by atoms with Gasteiger partial charge in [-0.3, -0.25) is 9.78 Å². The number of halogens is 1. The zero-order valence-corrected chi connectivity index (χ0v) is 17.8. The minimum absolute atomic E-state index is 0. The van der Waals surface area contributed by atoms with Crippen molar-refractivity contribution in [1.29, 1.82) is 0 Å². The van der Waals surface area contributed by atoms with Crippen LogP contribution in [0, 0.1) is 5.41 Å². The van der Waals surface area contributed by atoms with Gasteiger partial charge in [-0.1, -0.05) is 45.9 Å². The third kappa shape index (κ3) is 6.07. The molecule has 2 heterocycles. The van der Waals surface area contributed by atoms with E-state index < -0.39 is 0 Å². The molecule has 28 heavy (non-hydrogen) atoms. The SMILES string of the molecule is C.CC(C)(C)CC(=O)c1ccc(CSc2c(Cl)ccc3c2CCNCC3)nc1. The van der Waals surface area contributed by atoms with Crippen molar-refractivity contribution in [2.24, 2.45) is 5.41 Å². The molecule has 1 aromatic carbocycles. The zero-order valence-electron chi connectivity index (χ0n) is 16.3. The summed E-state index contributed by atoms with van der Waals surface area (Å²) in [5.41, 5.74) is 4.41. The van der Waals surface area contributed by atoms with Crippen LogP contribution in [-0.2, 0) is 18.6 Å². The maximum Gasteiger partial charge on any atom is 0.164 e. The normalized spacial score (nSPS) is 14.0. The van der Waals surface area contributed by atoms with Crippen LogP contribution in [0.25, 0.3) is 0 Å². The van der Waals surface area contributed by atoms with Crippen molar-refractivity contribution in [3.63, 3.8) is 0 Å². The van der Waals surface area contributed by atoms with Crippen molar-refractivity contribution in [3.8, 4) is 0 Å². The molecule has 3 rings (SSSR count). The van der Waals surface area contributed by atoms with E-state index in [2.05, 4.69) is 37.1 Å². The highest BCUT2D eigenvalue weighted by molar-refractivity contribution is 7.98. The van der Waals surface area contributed by atoms with Gasteiger partial charge in [0.1, 0.15) is 0 Å². The van der Waals surface area contributed by atoms with Crippen molar-refractivity contribution in [2.75, 3.05) is 13.1 Å². The van der Waals surface area contributed by atoms with Gasteiger partial charge in [-0.25, -0.2) is 0 Å². The molecule has 0 aliphatic carbocycles. The Hall–Kier alpha value is -1.36. The molecule has 152 valence electrons. The van der Waals surface area contributed by atoms with Crippen LogP contribution in [0.4, 0.5) is 0 Å². The maximum atomic E-state index is 12.3. The summed E-state index contributed by atoms with van der Waals surface area (Å²) in [5, 5.41) is 4.27. The number of pyridine rings is 1. The van der Waals surface area contributed by atoms with Gasteiger partial charge in [0.2, 0.25) is 0 Å². The number of rotatable bonds is 5. The van der Waals surface area contributed by atoms with E-state index in [0.717, 1.165) is 42.4 Å². The summed E-state index contributed by atoms with van der Waals surface area (Å²) < 4.78 is 0. The van der Waals surface area contributed by atoms with Crippen molar-refractivity contribution in [2.45, 2.75) is 58.1 Å². The van der Waals surface area contributed by atoms with Crippen molar-refractivity contribution >= 4 is 29.1 Å². The quantitative estimate of drug-likeness (QED) is 0.479. The van der Waals surface area contributed by atoms with E-state index in [9.17, 15) is 4.79 Å². The summed E-state index contributed by atoms with van der Waals surface area (Å²) in [6, 6.07) is 8.02. The molecule has 1 aliphatic heterocycles. The van der Waals surface area contributed by atoms with Gasteiger partial charge in [0.05, 0.1) is 10.7 Å². The van der Waals surface area contributed by atoms with Crippen LogP contribution < -0.4 is 5.32 Å². The number of ketones is 1. The summed E-state index contributed by atoms with van der Waals surface area (Å²) in [6.45, 7) is 8.23. The van der Waals surface area contributed by atoms with Gasteiger partial charge in [0.15, 0.2) is 5.78 Å². The number of fused-ring (bicyclic) bond motifs is 1. The second-order valence-electron chi connectivity index (χ2n) is 8.25. The summed E-state index contributed by atoms with van der Waals surface area (Å²) in [6.07, 6.45) is 4.29. The van der Waals surface area contributed by atoms with Crippen LogP contribution in [0.15, 0.2) is 35.4 Å². The minimum Gasteiger partial charge on any atom is -0.316 e. The van der Waals surface area contributed by atoms with E-state index in [0.29, 0.717) is 12.0 Å². The molecule has 0 radical (unpaired) electrons. The third-order valence-electron chi connectivity index (χ3n) is 4.63. The number of aromatic nitrogens is 1. The largest absolute Gasteiger partial charge is 0.316 e. The van der Waals surface area contributed by atoms with E-state index >= 15 is 0 Å². The molecule has 0 spiro atoms. The molecular weight excluding hydrogens is 388 g/mol. The topological polar surface area (TPSA) is 42.0 Å². The predicted molar refractivity (Wildman–Crippen MR) is 121 cm³/mol. The molecule has 0 saturated heterocycles. The highest BCUT2D eigenvalue weighted by atomic mass is 35.5. The van der Waals surface area contributed by atoms with E-state index in [1.54, 1.807) is 18.0 Å². The van der Waals surface area contributed by atoms with E-state index in [-0.39, 0.29) is 18.6 Å². The summed E-state index contributed by atoms with van der Waals surface area (Å²) >= 11 is 8.24. The van der Waals surface area contributed by atoms with Gasteiger partial charge in [-0.2, -0.15) is 0 Å². The first-order chi connectivity index (χ1) is 12.8. The molecule has 1 aromatic heterocycles. The second kappa shape index (κ2) is 9.91. The molecule has 0 fully saturated rings. The van der Waals surface area contributed by atoms with E-state index in [1.165, 1.54) is 16.0 Å². The Morgan fingerprint density at radius 2 is 1.93 bits per heavy atom. The fourth-order valence-corrected chi connectivity index (χ4v) is 4.69. The van der Waals surface area contributed by atoms with Gasteiger partial charge in [0, 0.05) is 28.8 Å². The van der Waals surface area contributed by atoms with Crippen LogP contribution >= 0.6 is 23.4 Å². The molecule has 0 bridgehead atoms. The Morgan fingerprint density at radius 1 is 1.18 bits per heavy atom. The van der Waals surface area contributed by atoms with Gasteiger partial charge in [0.25, 0.3) is 0 Å². The Kier molecular flexibility index (Phi) is 8.11. The van der Waals surface area contributed by atoms with Gasteiger partial charge in [-0.15, -0.1) is 11.8 Å². The van der Waals surface area contributed by atoms with Crippen LogP contribution in [0.1, 0.15) is 61.8 Å². The Bertz CT molecular complexity index is 813. The Balaban J connectivity index is 0.00000280. The molecule has 0 saturated carbocycles. The molecular formula is C23H31ClN2OS. The van der Waals surface area contributed by atoms with Gasteiger partial charge >= 0.3 is 0 Å². The standard InChI is InChI=1S/C22H27ClN2OS.CH4/c1-22(2,3)12-20(26)16-4-6-17(25-13-16)14-27-21-18-9-11-24-10-8-15(18)5-7-19(21)23;/h4-7,13,24H,8-12,14H2,1-3H3;1H4. The van der Waals surface area contributed by atoms with Crippen molar-refractivity contribution in [3.05, 3.63) is 57.9 Å². The smallest absolute Gasteiger partial charge is 0.164 e. The lowest BCUT2D eigenvalue weighted by Gasteiger charge is -2.16. The number of hydrogen-bond acceptors (Lipinski definition) is 4. The third-order valence-corrected chi connectivity index (χ3v) is 6.26. The minimum atomic E-state index is -0.0116. The average molecular weight is 419 g/mol. The first-order valence-corrected chi connectivity index (χ1v) is 10.8. The molecule has 0 atom stereocenters. The molecule has 0 unspecified atom stereocenters. The monoisotopic (exact) mass is 418 g/mol. The van der Waals surface area contributed by atoms with E-state index in [4.69, 9.17) is 11.6 Å². The Morgan fingerprint density at radius 3 is 2.61 bits per heavy atom. The zero-order chi connectivity index (χ0) is 19.4. The Labute approximate surface area is 178 Å². The number of Topliss-reactive ketones (excluding diaryl/α,β-unsaturated/α-hetero) is 1. The van der Waals surface area contributed by atoms with Crippen molar-refractivity contribution in [1.82, 2.24) is 10.3 Å². The number of carbonyl (C=O) groups is 1. The van der Waals surface area contributed by atoms with Gasteiger partial charge < -0.3 is 5.32 Å². The van der Waals surface area contributed by atoms with E-state index in [1.807, 2.05) is 18.2 Å². The number of nitrogens with zero attached hydrogens (tertiary/aromatic N) is 1. The molecule has 2 aromatic rings. The first-order valence-electron chi connectivity index (χ1n) is 9.45. The lowest BCUT2D eigenvalue weighted by molar-refractivity contribution is 0.0939. The molecule has 0 amide bonds. The second-order valence-corrected chi connectivity index (χ2v) is 9.64. The maximum absolute atomic E-state index is 12.3. The lowest BCUT2D eigenvalue weighted by Crippen LogP contribution is -2.16. The van der Waals surface area contributed by atoms with Gasteiger partial charge in [-0.05, 0) is 60.7 Å². The predicted octanol–water partition coefficient (Wildman–Crippen LogP) is 5.97. The molecule has 1 aliphatic rings. The van der Waals surface area contributed by atoms with Crippen LogP contribution in [0.2, 0.25) is 5.02 Å². The molecule has 5 heteroatoms. The van der Waals surface area contributed by atoms with Crippen LogP contribution in [-0.4, -0.2) is 23.9 Å². The van der Waals surface area contributed by atoms with Crippen LogP contribution in [0.5, 0.6) is 0 Å². The molecule has 1 N–H and O–H groups in total. The summed E-state index contributed by atoms with van der Waals surface area (Å²) in [4.78, 5) is 18.0. The van der Waals surface area contributed by atoms with Crippen molar-refractivity contribution < 1.29 is 4.79 Å². The highest BCUT2D eigenvalue weighted by Gasteiger charge is 2.18. The summed E-state index contributed by atoms with van der Waals surface area (Å²) in [5.74, 6) is 0.898. The fraction of sp³-hybridized carbons (Fsp3) is 0.478. The number of thioether (sulfide) groups is 1. The highest BCUT2D eigenvalue weighted by Crippen LogP contribution is 2.35. The average Bonchev–Trinajstić information content (AvgIpc) is 2.85. The number of carbonyl (C=O) groups excluding carboxylic acids is 1. The number of hydrogen-bond donors (Lipinski definition) is 1.